The Kier molecular flexibility index (Phi) is 5.91. The molecule has 30 heavy (non-hydrogen) atoms. The van der Waals surface area contributed by atoms with Crippen molar-refractivity contribution < 1.29 is 4.79 Å². The normalized spacial score (nSPS) is 13.0. The maximum absolute atomic E-state index is 13.0. The lowest BCUT2D eigenvalue weighted by Crippen LogP contribution is -2.22. The van der Waals surface area contributed by atoms with E-state index in [4.69, 9.17) is 9.97 Å². The molecule has 0 atom stereocenters. The van der Waals surface area contributed by atoms with Gasteiger partial charge in [0.1, 0.15) is 5.82 Å². The van der Waals surface area contributed by atoms with Gasteiger partial charge in [-0.3, -0.25) is 9.69 Å². The van der Waals surface area contributed by atoms with Crippen LogP contribution in [0, 0.1) is 13.8 Å². The number of hydrogen-bond acceptors (Lipinski definition) is 4. The van der Waals surface area contributed by atoms with Gasteiger partial charge in [0.15, 0.2) is 5.82 Å². The van der Waals surface area contributed by atoms with Crippen molar-refractivity contribution in [2.45, 2.75) is 46.6 Å². The zero-order chi connectivity index (χ0) is 21.1. The molecule has 0 aliphatic carbocycles. The molecule has 3 aromatic rings. The molecule has 1 aliphatic rings. The van der Waals surface area contributed by atoms with Crippen molar-refractivity contribution >= 4 is 17.4 Å². The van der Waals surface area contributed by atoms with Crippen LogP contribution in [0.25, 0.3) is 11.4 Å². The molecular weight excluding hydrogens is 372 g/mol. The van der Waals surface area contributed by atoms with Gasteiger partial charge >= 0.3 is 0 Å². The fourth-order valence-corrected chi connectivity index (χ4v) is 3.78. The van der Waals surface area contributed by atoms with Crippen LogP contribution in [0.15, 0.2) is 48.5 Å². The third kappa shape index (κ3) is 3.98. The minimum Gasteiger partial charge on any atom is -0.311 e. The Balaban J connectivity index is 1.80. The van der Waals surface area contributed by atoms with Gasteiger partial charge < -0.3 is 5.32 Å². The molecule has 0 unspecified atom stereocenters. The van der Waals surface area contributed by atoms with E-state index in [0.29, 0.717) is 24.6 Å². The fourth-order valence-electron chi connectivity index (χ4n) is 3.78. The minimum atomic E-state index is 0.0458. The van der Waals surface area contributed by atoms with Gasteiger partial charge in [-0.25, -0.2) is 9.97 Å². The Bertz CT molecular complexity index is 1060. The van der Waals surface area contributed by atoms with E-state index in [0.717, 1.165) is 47.5 Å². The molecule has 5 nitrogen and oxygen atoms in total. The number of nitrogens with one attached hydrogen (secondary N) is 1. The van der Waals surface area contributed by atoms with E-state index >= 15 is 0 Å². The molecule has 0 fully saturated rings. The number of carbonyl (C=O) groups is 1. The van der Waals surface area contributed by atoms with E-state index in [1.807, 2.05) is 43.3 Å². The van der Waals surface area contributed by atoms with Crippen molar-refractivity contribution in [3.8, 4) is 11.4 Å². The molecule has 1 amide bonds. The van der Waals surface area contributed by atoms with Crippen LogP contribution in [0.2, 0.25) is 0 Å². The summed E-state index contributed by atoms with van der Waals surface area (Å²) < 4.78 is 0. The Labute approximate surface area is 178 Å². The lowest BCUT2D eigenvalue weighted by atomic mass is 10.1. The van der Waals surface area contributed by atoms with Gasteiger partial charge in [-0.05, 0) is 38.4 Å². The lowest BCUT2D eigenvalue weighted by Gasteiger charge is -2.20. The number of aromatic nitrogens is 2. The van der Waals surface area contributed by atoms with Crippen molar-refractivity contribution in [2.75, 3.05) is 11.4 Å². The summed E-state index contributed by atoms with van der Waals surface area (Å²) >= 11 is 0. The van der Waals surface area contributed by atoms with Crippen molar-refractivity contribution in [3.05, 3.63) is 70.9 Å². The molecule has 1 aliphatic heterocycles. The van der Waals surface area contributed by atoms with Crippen LogP contribution in [-0.4, -0.2) is 22.4 Å². The second-order valence-electron chi connectivity index (χ2n) is 7.88. The third-order valence-corrected chi connectivity index (χ3v) is 5.53. The largest absolute Gasteiger partial charge is 0.311 e. The smallest absolute Gasteiger partial charge is 0.237 e. The number of fused-ring (bicyclic) bond motifs is 1. The molecular formula is C25H28N4O. The van der Waals surface area contributed by atoms with Gasteiger partial charge in [0, 0.05) is 17.7 Å². The lowest BCUT2D eigenvalue weighted by molar-refractivity contribution is -0.116. The summed E-state index contributed by atoms with van der Waals surface area (Å²) in [6.07, 6.45) is 2.60. The predicted octanol–water partition coefficient (Wildman–Crippen LogP) is 4.87. The van der Waals surface area contributed by atoms with Crippen LogP contribution in [0.1, 0.15) is 42.1 Å². The van der Waals surface area contributed by atoms with Crippen LogP contribution in [0.3, 0.4) is 0 Å². The molecule has 154 valence electrons. The number of amides is 1. The van der Waals surface area contributed by atoms with Crippen LogP contribution in [0.5, 0.6) is 0 Å². The first kappa shape index (κ1) is 20.2. The van der Waals surface area contributed by atoms with Crippen LogP contribution >= 0.6 is 0 Å². The Morgan fingerprint density at radius 1 is 1.03 bits per heavy atom. The number of carbonyl (C=O) groups excluding carboxylic acids is 1. The van der Waals surface area contributed by atoms with Gasteiger partial charge in [0.05, 0.1) is 17.8 Å². The molecule has 0 saturated carbocycles. The van der Waals surface area contributed by atoms with Gasteiger partial charge in [0.2, 0.25) is 5.91 Å². The van der Waals surface area contributed by atoms with E-state index in [1.54, 1.807) is 4.90 Å². The van der Waals surface area contributed by atoms with E-state index in [-0.39, 0.29) is 5.91 Å². The third-order valence-electron chi connectivity index (χ3n) is 5.53. The summed E-state index contributed by atoms with van der Waals surface area (Å²) in [5.74, 6) is 1.42. The molecule has 0 saturated heterocycles. The Morgan fingerprint density at radius 3 is 2.53 bits per heavy atom. The average Bonchev–Trinajstić information content (AvgIpc) is 3.08. The number of nitrogens with zero attached hydrogens (tertiary/aromatic N) is 3. The quantitative estimate of drug-likeness (QED) is 0.575. The van der Waals surface area contributed by atoms with Gasteiger partial charge in [-0.15, -0.1) is 0 Å². The van der Waals surface area contributed by atoms with Crippen molar-refractivity contribution in [1.82, 2.24) is 15.3 Å². The Morgan fingerprint density at radius 2 is 1.80 bits per heavy atom. The highest BCUT2D eigenvalue weighted by Gasteiger charge is 2.34. The molecule has 1 aromatic heterocycles. The molecule has 0 radical (unpaired) electrons. The van der Waals surface area contributed by atoms with Gasteiger partial charge in [-0.2, -0.15) is 0 Å². The maximum Gasteiger partial charge on any atom is 0.237 e. The van der Waals surface area contributed by atoms with Crippen molar-refractivity contribution in [2.24, 2.45) is 0 Å². The summed E-state index contributed by atoms with van der Waals surface area (Å²) in [7, 11) is 0. The van der Waals surface area contributed by atoms with E-state index in [1.165, 1.54) is 5.56 Å². The van der Waals surface area contributed by atoms with Crippen LogP contribution in [0.4, 0.5) is 11.5 Å². The monoisotopic (exact) mass is 400 g/mol. The SMILES string of the molecule is CCCCNCc1nc(-c2ccc(C)cc2)nc2c1CC(=O)N2c1ccccc1C. The van der Waals surface area contributed by atoms with Crippen LogP contribution < -0.4 is 10.2 Å². The summed E-state index contributed by atoms with van der Waals surface area (Å²) in [6, 6.07) is 16.2. The number of para-hydroxylation sites is 1. The van der Waals surface area contributed by atoms with E-state index in [9.17, 15) is 4.79 Å². The number of anilines is 2. The molecule has 2 heterocycles. The first-order valence-electron chi connectivity index (χ1n) is 10.6. The highest BCUT2D eigenvalue weighted by Crippen LogP contribution is 2.38. The van der Waals surface area contributed by atoms with Crippen LogP contribution in [-0.2, 0) is 17.8 Å². The molecule has 4 rings (SSSR count). The zero-order valence-electron chi connectivity index (χ0n) is 17.9. The zero-order valence-corrected chi connectivity index (χ0v) is 17.9. The molecule has 0 spiro atoms. The number of unbranched alkanes of at least 4 members (excludes halogenated alkanes) is 1. The topological polar surface area (TPSA) is 58.1 Å². The molecule has 2 aromatic carbocycles. The standard InChI is InChI=1S/C25H28N4O/c1-4-5-14-26-16-21-20-15-23(30)29(22-9-7-6-8-18(22)3)25(20)28-24(27-21)19-12-10-17(2)11-13-19/h6-13,26H,4-5,14-16H2,1-3H3. The summed E-state index contributed by atoms with van der Waals surface area (Å²) in [5, 5.41) is 3.48. The number of hydrogen-bond donors (Lipinski definition) is 1. The maximum atomic E-state index is 13.0. The van der Waals surface area contributed by atoms with Crippen molar-refractivity contribution in [1.29, 1.82) is 0 Å². The highest BCUT2D eigenvalue weighted by atomic mass is 16.2. The van der Waals surface area contributed by atoms with Crippen molar-refractivity contribution in [3.63, 3.8) is 0 Å². The number of benzene rings is 2. The Hall–Kier alpha value is -3.05. The molecule has 1 N–H and O–H groups in total. The molecule has 5 heteroatoms. The number of aryl methyl sites for hydroxylation is 2. The van der Waals surface area contributed by atoms with E-state index < -0.39 is 0 Å². The minimum absolute atomic E-state index is 0.0458. The molecule has 0 bridgehead atoms. The second kappa shape index (κ2) is 8.76. The number of rotatable bonds is 7. The fraction of sp³-hybridized carbons (Fsp3) is 0.320. The summed E-state index contributed by atoms with van der Waals surface area (Å²) in [5.41, 5.74) is 5.94. The van der Waals surface area contributed by atoms with E-state index in [2.05, 4.69) is 31.3 Å². The first-order valence-corrected chi connectivity index (χ1v) is 10.6. The average molecular weight is 401 g/mol. The second-order valence-corrected chi connectivity index (χ2v) is 7.88. The predicted molar refractivity (Wildman–Crippen MR) is 121 cm³/mol. The summed E-state index contributed by atoms with van der Waals surface area (Å²) in [4.78, 5) is 24.6. The first-order chi connectivity index (χ1) is 14.6. The van der Waals surface area contributed by atoms with Gasteiger partial charge in [0.25, 0.3) is 0 Å². The summed E-state index contributed by atoms with van der Waals surface area (Å²) in [6.45, 7) is 7.84. The highest BCUT2D eigenvalue weighted by molar-refractivity contribution is 6.07. The van der Waals surface area contributed by atoms with Gasteiger partial charge in [-0.1, -0.05) is 61.4 Å².